The summed E-state index contributed by atoms with van der Waals surface area (Å²) in [7, 11) is 2.21. The largest absolute Gasteiger partial charge is 0.444 e. The second-order valence-corrected chi connectivity index (χ2v) is 9.00. The molecule has 0 radical (unpaired) electrons. The van der Waals surface area contributed by atoms with Crippen LogP contribution in [0.4, 0.5) is 16.2 Å². The molecule has 27 heavy (non-hydrogen) atoms. The molecule has 0 saturated carbocycles. The van der Waals surface area contributed by atoms with Crippen LogP contribution >= 0.6 is 0 Å². The van der Waals surface area contributed by atoms with Crippen molar-refractivity contribution >= 4 is 17.5 Å². The minimum atomic E-state index is -0.433. The van der Waals surface area contributed by atoms with E-state index in [9.17, 15) is 4.79 Å². The molecule has 2 fully saturated rings. The van der Waals surface area contributed by atoms with E-state index >= 15 is 0 Å². The highest BCUT2D eigenvalue weighted by atomic mass is 16.6. The number of carbonyl (C=O) groups excluding carboxylic acids is 1. The maximum atomic E-state index is 12.3. The van der Waals surface area contributed by atoms with E-state index < -0.39 is 5.60 Å². The molecule has 0 unspecified atom stereocenters. The number of ether oxygens (including phenoxy) is 1. The van der Waals surface area contributed by atoms with Crippen LogP contribution in [0, 0.1) is 6.92 Å². The van der Waals surface area contributed by atoms with Crippen molar-refractivity contribution in [1.29, 1.82) is 0 Å². The molecule has 0 aliphatic carbocycles. The van der Waals surface area contributed by atoms with Crippen LogP contribution in [-0.4, -0.2) is 55.9 Å². The number of aryl methyl sites for hydroxylation is 1. The Balaban J connectivity index is 1.66. The fraction of sp³-hybridized carbons (Fsp3) is 0.682. The quantitative estimate of drug-likeness (QED) is 0.785. The summed E-state index contributed by atoms with van der Waals surface area (Å²) >= 11 is 0. The third kappa shape index (κ3) is 4.88. The summed E-state index contributed by atoms with van der Waals surface area (Å²) in [6.07, 6.45) is 4.33. The molecule has 0 bridgehead atoms. The summed E-state index contributed by atoms with van der Waals surface area (Å²) in [5.41, 5.74) is 3.56. The highest BCUT2D eigenvalue weighted by Crippen LogP contribution is 2.34. The van der Waals surface area contributed by atoms with Gasteiger partial charge in [0.1, 0.15) is 5.60 Å². The lowest BCUT2D eigenvalue weighted by atomic mass is 10.0. The standard InChI is InChI=1S/C22H35N3O2/c1-17-8-9-19(20(16-17)24-12-6-7-13-24)23(5)18-10-14-25(15-11-18)21(26)27-22(2,3)4/h8-9,16,18H,6-7,10-15H2,1-5H3. The van der Waals surface area contributed by atoms with Crippen LogP contribution < -0.4 is 9.80 Å². The van der Waals surface area contributed by atoms with E-state index in [4.69, 9.17) is 4.74 Å². The molecular weight excluding hydrogens is 338 g/mol. The molecule has 2 aliphatic rings. The molecule has 5 heteroatoms. The SMILES string of the molecule is Cc1ccc(N(C)C2CCN(C(=O)OC(C)(C)C)CC2)c(N2CCCC2)c1. The molecule has 2 aliphatic heterocycles. The Morgan fingerprint density at radius 3 is 2.33 bits per heavy atom. The highest BCUT2D eigenvalue weighted by molar-refractivity contribution is 5.73. The van der Waals surface area contributed by atoms with Gasteiger partial charge in [0.05, 0.1) is 11.4 Å². The number of rotatable bonds is 3. The Kier molecular flexibility index (Phi) is 5.87. The van der Waals surface area contributed by atoms with Crippen LogP contribution in [0.2, 0.25) is 0 Å². The molecule has 0 N–H and O–H groups in total. The summed E-state index contributed by atoms with van der Waals surface area (Å²) in [5, 5.41) is 0. The van der Waals surface area contributed by atoms with Crippen LogP contribution in [0.1, 0.15) is 52.0 Å². The molecule has 5 nitrogen and oxygen atoms in total. The van der Waals surface area contributed by atoms with Crippen LogP contribution in [0.15, 0.2) is 18.2 Å². The van der Waals surface area contributed by atoms with Gasteiger partial charge in [-0.1, -0.05) is 6.07 Å². The number of piperidine rings is 1. The summed E-state index contributed by atoms with van der Waals surface area (Å²) in [6.45, 7) is 11.8. The van der Waals surface area contributed by atoms with Crippen molar-refractivity contribution in [2.45, 2.75) is 65.0 Å². The topological polar surface area (TPSA) is 36.0 Å². The maximum Gasteiger partial charge on any atom is 0.410 e. The first-order valence-corrected chi connectivity index (χ1v) is 10.3. The second kappa shape index (κ2) is 7.99. The maximum absolute atomic E-state index is 12.3. The average Bonchev–Trinajstić information content (AvgIpc) is 3.14. The Bertz CT molecular complexity index is 654. The summed E-state index contributed by atoms with van der Waals surface area (Å²) < 4.78 is 5.52. The first-order valence-electron chi connectivity index (χ1n) is 10.3. The van der Waals surface area contributed by atoms with Gasteiger partial charge in [-0.15, -0.1) is 0 Å². The third-order valence-corrected chi connectivity index (χ3v) is 5.62. The Morgan fingerprint density at radius 1 is 1.11 bits per heavy atom. The van der Waals surface area contributed by atoms with Crippen LogP contribution in [0.25, 0.3) is 0 Å². The van der Waals surface area contributed by atoms with Crippen molar-refractivity contribution in [3.8, 4) is 0 Å². The fourth-order valence-electron chi connectivity index (χ4n) is 4.10. The number of hydrogen-bond donors (Lipinski definition) is 0. The Labute approximate surface area is 164 Å². The van der Waals surface area contributed by atoms with E-state index in [1.54, 1.807) is 0 Å². The third-order valence-electron chi connectivity index (χ3n) is 5.62. The van der Waals surface area contributed by atoms with Crippen LogP contribution in [-0.2, 0) is 4.74 Å². The minimum absolute atomic E-state index is 0.184. The molecule has 1 aromatic rings. The predicted molar refractivity (Wildman–Crippen MR) is 112 cm³/mol. The van der Waals surface area contributed by atoms with Gasteiger partial charge in [0.15, 0.2) is 0 Å². The number of likely N-dealkylation sites (tertiary alicyclic amines) is 1. The van der Waals surface area contributed by atoms with E-state index in [2.05, 4.69) is 42.0 Å². The second-order valence-electron chi connectivity index (χ2n) is 9.00. The average molecular weight is 374 g/mol. The lowest BCUT2D eigenvalue weighted by Crippen LogP contribution is -2.47. The van der Waals surface area contributed by atoms with Gasteiger partial charge in [-0.3, -0.25) is 0 Å². The number of carbonyl (C=O) groups is 1. The molecule has 1 amide bonds. The Morgan fingerprint density at radius 2 is 1.74 bits per heavy atom. The normalized spacial score (nSPS) is 18.7. The summed E-state index contributed by atoms with van der Waals surface area (Å²) in [4.78, 5) is 19.1. The highest BCUT2D eigenvalue weighted by Gasteiger charge is 2.29. The number of amides is 1. The first kappa shape index (κ1) is 19.8. The number of nitrogens with zero attached hydrogens (tertiary/aromatic N) is 3. The van der Waals surface area contributed by atoms with Crippen molar-refractivity contribution < 1.29 is 9.53 Å². The van der Waals surface area contributed by atoms with Crippen molar-refractivity contribution in [2.24, 2.45) is 0 Å². The van der Waals surface area contributed by atoms with Crippen molar-refractivity contribution in [1.82, 2.24) is 4.90 Å². The van der Waals surface area contributed by atoms with Gasteiger partial charge < -0.3 is 19.4 Å². The van der Waals surface area contributed by atoms with Gasteiger partial charge in [-0.2, -0.15) is 0 Å². The summed E-state index contributed by atoms with van der Waals surface area (Å²) in [5.74, 6) is 0. The van der Waals surface area contributed by atoms with Gasteiger partial charge in [-0.05, 0) is 71.1 Å². The zero-order valence-electron chi connectivity index (χ0n) is 17.6. The van der Waals surface area contributed by atoms with Crippen molar-refractivity contribution in [3.63, 3.8) is 0 Å². The molecule has 2 heterocycles. The van der Waals surface area contributed by atoms with Gasteiger partial charge in [-0.25, -0.2) is 4.79 Å². The molecule has 150 valence electrons. The van der Waals surface area contributed by atoms with Gasteiger partial charge in [0.25, 0.3) is 0 Å². The lowest BCUT2D eigenvalue weighted by molar-refractivity contribution is 0.0205. The molecule has 2 saturated heterocycles. The minimum Gasteiger partial charge on any atom is -0.444 e. The predicted octanol–water partition coefficient (Wildman–Crippen LogP) is 4.43. The van der Waals surface area contributed by atoms with Crippen molar-refractivity contribution in [2.75, 3.05) is 43.0 Å². The zero-order chi connectivity index (χ0) is 19.6. The number of anilines is 2. The Hall–Kier alpha value is -1.91. The van der Waals surface area contributed by atoms with E-state index in [1.165, 1.54) is 29.8 Å². The molecule has 1 aromatic carbocycles. The fourth-order valence-corrected chi connectivity index (χ4v) is 4.10. The first-order chi connectivity index (χ1) is 12.7. The lowest BCUT2D eigenvalue weighted by Gasteiger charge is -2.39. The molecule has 3 rings (SSSR count). The number of hydrogen-bond acceptors (Lipinski definition) is 4. The monoisotopic (exact) mass is 373 g/mol. The van der Waals surface area contributed by atoms with E-state index in [1.807, 2.05) is 25.7 Å². The number of benzene rings is 1. The van der Waals surface area contributed by atoms with E-state index in [0.29, 0.717) is 6.04 Å². The molecule has 0 spiro atoms. The van der Waals surface area contributed by atoms with Crippen molar-refractivity contribution in [3.05, 3.63) is 23.8 Å². The smallest absolute Gasteiger partial charge is 0.410 e. The summed E-state index contributed by atoms with van der Waals surface area (Å²) in [6, 6.07) is 7.25. The van der Waals surface area contributed by atoms with E-state index in [0.717, 1.165) is 39.0 Å². The molecule has 0 atom stereocenters. The molecular formula is C22H35N3O2. The van der Waals surface area contributed by atoms with Gasteiger partial charge >= 0.3 is 6.09 Å². The van der Waals surface area contributed by atoms with Crippen LogP contribution in [0.3, 0.4) is 0 Å². The van der Waals surface area contributed by atoms with Gasteiger partial charge in [0.2, 0.25) is 0 Å². The van der Waals surface area contributed by atoms with E-state index in [-0.39, 0.29) is 6.09 Å². The molecule has 0 aromatic heterocycles. The van der Waals surface area contributed by atoms with Gasteiger partial charge in [0, 0.05) is 39.3 Å². The van der Waals surface area contributed by atoms with Crippen LogP contribution in [0.5, 0.6) is 0 Å². The zero-order valence-corrected chi connectivity index (χ0v) is 17.6.